The Kier molecular flexibility index (Phi) is 21.0. The van der Waals surface area contributed by atoms with Crippen LogP contribution in [0.2, 0.25) is 0 Å². The SMILES string of the molecule is NCCCC(O)(P(=O)(O)O)P(=O)(O)O.O.O.[NaH].[NaH]. The van der Waals surface area contributed by atoms with E-state index in [-0.39, 0.29) is 83.0 Å². The van der Waals surface area contributed by atoms with E-state index in [0.717, 1.165) is 0 Å². The van der Waals surface area contributed by atoms with Crippen molar-refractivity contribution in [1.29, 1.82) is 0 Å². The molecule has 0 atom stereocenters. The number of rotatable bonds is 5. The van der Waals surface area contributed by atoms with Crippen LogP contribution in [0, 0.1) is 0 Å². The van der Waals surface area contributed by atoms with Gasteiger partial charge in [-0.25, -0.2) is 0 Å². The molecule has 0 saturated heterocycles. The van der Waals surface area contributed by atoms with Gasteiger partial charge in [0.1, 0.15) is 0 Å². The Labute approximate surface area is 148 Å². The van der Waals surface area contributed by atoms with Crippen molar-refractivity contribution in [3.05, 3.63) is 0 Å². The second kappa shape index (κ2) is 11.8. The summed E-state index contributed by atoms with van der Waals surface area (Å²) in [5, 5.41) is 5.91. The molecule has 11 N–H and O–H groups in total. The number of hydrogen-bond donors (Lipinski definition) is 6. The second-order valence-electron chi connectivity index (χ2n) is 2.75. The second-order valence-corrected chi connectivity index (χ2v) is 6.76. The zero-order chi connectivity index (χ0) is 11.6. The fourth-order valence-corrected chi connectivity index (χ4v) is 3.06. The average molecular weight is 333 g/mol. The molecule has 0 bridgehead atoms. The molecule has 106 valence electrons. The zero-order valence-corrected chi connectivity index (χ0v) is 9.93. The summed E-state index contributed by atoms with van der Waals surface area (Å²) in [7, 11) is -10.6. The molecule has 0 aliphatic rings. The molecule has 10 nitrogen and oxygen atoms in total. The summed E-state index contributed by atoms with van der Waals surface area (Å²) in [4.78, 5) is 34.5. The van der Waals surface area contributed by atoms with E-state index >= 15 is 0 Å². The van der Waals surface area contributed by atoms with Crippen LogP contribution in [-0.4, -0.2) is 106 Å². The average Bonchev–Trinajstić information content (AvgIpc) is 1.95. The van der Waals surface area contributed by atoms with Gasteiger partial charge in [0.05, 0.1) is 0 Å². The van der Waals surface area contributed by atoms with Gasteiger partial charge in [0, 0.05) is 6.42 Å². The van der Waals surface area contributed by atoms with Crippen molar-refractivity contribution < 1.29 is 44.8 Å². The molecule has 0 fully saturated rings. The van der Waals surface area contributed by atoms with Crippen LogP contribution < -0.4 is 5.73 Å². The normalized spacial score (nSPS) is 11.2. The molecular weight excluding hydrogens is 314 g/mol. The summed E-state index contributed by atoms with van der Waals surface area (Å²) in [5.41, 5.74) is 5.01. The van der Waals surface area contributed by atoms with Gasteiger partial charge in [-0.3, -0.25) is 9.13 Å². The van der Waals surface area contributed by atoms with E-state index in [2.05, 4.69) is 0 Å². The van der Waals surface area contributed by atoms with Crippen molar-refractivity contribution >= 4 is 74.3 Å². The number of nitrogens with two attached hydrogens (primary N) is 1. The first-order chi connectivity index (χ1) is 6.06. The van der Waals surface area contributed by atoms with Crippen LogP contribution in [0.1, 0.15) is 12.8 Å². The predicted molar refractivity (Wildman–Crippen MR) is 68.9 cm³/mol. The molecule has 0 saturated carbocycles. The van der Waals surface area contributed by atoms with E-state index < -0.39 is 26.7 Å². The van der Waals surface area contributed by atoms with Gasteiger partial charge in [-0.05, 0) is 13.0 Å². The minimum atomic E-state index is -5.30. The van der Waals surface area contributed by atoms with E-state index in [0.29, 0.717) is 0 Å². The Hall–Kier alpha value is 2.14. The van der Waals surface area contributed by atoms with Crippen LogP contribution in [0.5, 0.6) is 0 Å². The zero-order valence-electron chi connectivity index (χ0n) is 8.15. The van der Waals surface area contributed by atoms with E-state index in [9.17, 15) is 14.2 Å². The van der Waals surface area contributed by atoms with E-state index in [1.54, 1.807) is 0 Å². The third-order valence-corrected chi connectivity index (χ3v) is 5.53. The molecule has 0 spiro atoms. The van der Waals surface area contributed by atoms with Crippen molar-refractivity contribution in [2.24, 2.45) is 5.73 Å². The Balaban J connectivity index is -0.000000141. The summed E-state index contributed by atoms with van der Waals surface area (Å²) in [5.74, 6) is 0. The third kappa shape index (κ3) is 8.43. The standard InChI is InChI=1S/C4H13NO7P2.2Na.2H2O.2H/c5-3-1-2-4(6,13(7,8)9)14(10,11)12;;;;;;/h6H,1-3,5H2,(H2,7,8,9)(H2,10,11,12);;;2*1H2;;. The van der Waals surface area contributed by atoms with Gasteiger partial charge >= 0.3 is 74.3 Å². The monoisotopic (exact) mass is 333 g/mol. The first kappa shape index (κ1) is 32.2. The third-order valence-electron chi connectivity index (χ3n) is 1.65. The molecule has 0 aliphatic heterocycles. The Bertz CT molecular complexity index is 268. The maximum absolute atomic E-state index is 10.7. The minimum absolute atomic E-state index is 0. The van der Waals surface area contributed by atoms with Crippen molar-refractivity contribution in [2.45, 2.75) is 17.9 Å². The van der Waals surface area contributed by atoms with Crippen molar-refractivity contribution in [3.8, 4) is 0 Å². The van der Waals surface area contributed by atoms with Crippen molar-refractivity contribution in [1.82, 2.24) is 0 Å². The van der Waals surface area contributed by atoms with Crippen LogP contribution in [0.15, 0.2) is 0 Å². The molecule has 14 heteroatoms. The predicted octanol–water partition coefficient (Wildman–Crippen LogP) is -4.22. The molecule has 18 heavy (non-hydrogen) atoms. The molecule has 0 rings (SSSR count). The number of aliphatic hydroxyl groups is 1. The van der Waals surface area contributed by atoms with Gasteiger partial charge in [0.15, 0.2) is 0 Å². The molecule has 0 heterocycles. The Morgan fingerprint density at radius 3 is 1.39 bits per heavy atom. The first-order valence-corrected chi connectivity index (χ1v) is 6.82. The maximum atomic E-state index is 10.7. The van der Waals surface area contributed by atoms with Crippen molar-refractivity contribution in [3.63, 3.8) is 0 Å². The molecule has 0 aromatic rings. The summed E-state index contributed by atoms with van der Waals surface area (Å²) in [6.45, 7) is -0.0394. The summed E-state index contributed by atoms with van der Waals surface area (Å²) >= 11 is 0. The van der Waals surface area contributed by atoms with Crippen molar-refractivity contribution in [2.75, 3.05) is 6.54 Å². The Morgan fingerprint density at radius 2 is 1.22 bits per heavy atom. The van der Waals surface area contributed by atoms with Crippen LogP contribution >= 0.6 is 15.2 Å². The van der Waals surface area contributed by atoms with Crippen LogP contribution in [0.4, 0.5) is 0 Å². The van der Waals surface area contributed by atoms with Gasteiger partial charge in [0.25, 0.3) is 5.08 Å². The molecule has 0 aromatic carbocycles. The molecule has 0 amide bonds. The molecule has 0 radical (unpaired) electrons. The van der Waals surface area contributed by atoms with E-state index in [1.165, 1.54) is 0 Å². The van der Waals surface area contributed by atoms with Gasteiger partial charge in [0.2, 0.25) is 0 Å². The molecular formula is C4H19NNa2O9P2. The quantitative estimate of drug-likeness (QED) is 0.213. The fraction of sp³-hybridized carbons (Fsp3) is 1.00. The fourth-order valence-electron chi connectivity index (χ4n) is 0.800. The van der Waals surface area contributed by atoms with Gasteiger partial charge in [-0.1, -0.05) is 0 Å². The topological polar surface area (TPSA) is 224 Å². The van der Waals surface area contributed by atoms with E-state index in [4.69, 9.17) is 25.3 Å². The van der Waals surface area contributed by atoms with Gasteiger partial charge in [-0.15, -0.1) is 0 Å². The summed E-state index contributed by atoms with van der Waals surface area (Å²) in [6.07, 6.45) is -0.856. The van der Waals surface area contributed by atoms with Crippen LogP contribution in [0.25, 0.3) is 0 Å². The van der Waals surface area contributed by atoms with Crippen LogP contribution in [0.3, 0.4) is 0 Å². The van der Waals surface area contributed by atoms with Crippen LogP contribution in [-0.2, 0) is 9.13 Å². The Morgan fingerprint density at radius 1 is 0.944 bits per heavy atom. The van der Waals surface area contributed by atoms with E-state index in [1.807, 2.05) is 0 Å². The molecule has 0 aliphatic carbocycles. The molecule has 0 unspecified atom stereocenters. The van der Waals surface area contributed by atoms with Gasteiger partial charge in [-0.2, -0.15) is 0 Å². The summed E-state index contributed by atoms with van der Waals surface area (Å²) < 4.78 is 21.4. The first-order valence-electron chi connectivity index (χ1n) is 3.60. The number of hydrogen-bond acceptors (Lipinski definition) is 4. The molecule has 0 aromatic heterocycles. The summed E-state index contributed by atoms with van der Waals surface area (Å²) in [6, 6.07) is 0. The van der Waals surface area contributed by atoms with Gasteiger partial charge < -0.3 is 41.4 Å².